The molecule has 0 unspecified atom stereocenters. The molecule has 0 saturated carbocycles. The number of hydrogen-bond donors (Lipinski definition) is 1. The zero-order valence-electron chi connectivity index (χ0n) is 12.8. The van der Waals surface area contributed by atoms with Gasteiger partial charge in [0.1, 0.15) is 6.10 Å². The molecule has 2 amide bonds. The standard InChI is InChI=1S/C16H18N2O4S/c1-10(19)17-7-13-8-18(16(21)22-13)12-2-3-14-11(6-12)9-23-5-4-15(14)20/h2-3,6,13H,4-5,7-9H2,1H3,(H,17,19)/t13-/m0/s1. The molecular formula is C16H18N2O4S. The average molecular weight is 334 g/mol. The Kier molecular flexibility index (Phi) is 4.56. The highest BCUT2D eigenvalue weighted by Crippen LogP contribution is 2.29. The molecule has 6 nitrogen and oxygen atoms in total. The van der Waals surface area contributed by atoms with Gasteiger partial charge >= 0.3 is 6.09 Å². The summed E-state index contributed by atoms with van der Waals surface area (Å²) < 4.78 is 5.27. The first kappa shape index (κ1) is 15.9. The summed E-state index contributed by atoms with van der Waals surface area (Å²) in [5.74, 6) is 1.60. The summed E-state index contributed by atoms with van der Waals surface area (Å²) >= 11 is 1.72. The number of anilines is 1. The van der Waals surface area contributed by atoms with Crippen molar-refractivity contribution in [1.29, 1.82) is 0 Å². The van der Waals surface area contributed by atoms with Crippen LogP contribution in [0, 0.1) is 0 Å². The summed E-state index contributed by atoms with van der Waals surface area (Å²) in [6, 6.07) is 5.48. The number of amides is 2. The van der Waals surface area contributed by atoms with Crippen LogP contribution in [0.15, 0.2) is 18.2 Å². The Hall–Kier alpha value is -2.02. The monoisotopic (exact) mass is 334 g/mol. The molecule has 2 aliphatic heterocycles. The van der Waals surface area contributed by atoms with Crippen molar-refractivity contribution in [2.75, 3.05) is 23.7 Å². The van der Waals surface area contributed by atoms with Gasteiger partial charge in [-0.3, -0.25) is 14.5 Å². The third-order valence-corrected chi connectivity index (χ3v) is 4.89. The van der Waals surface area contributed by atoms with Crippen molar-refractivity contribution in [3.8, 4) is 0 Å². The van der Waals surface area contributed by atoms with Crippen LogP contribution < -0.4 is 10.2 Å². The van der Waals surface area contributed by atoms with Crippen LogP contribution in [0.3, 0.4) is 0 Å². The number of rotatable bonds is 3. The Bertz CT molecular complexity index is 661. The molecule has 2 aliphatic rings. The fraction of sp³-hybridized carbons (Fsp3) is 0.438. The van der Waals surface area contributed by atoms with E-state index >= 15 is 0 Å². The van der Waals surface area contributed by atoms with E-state index in [1.165, 1.54) is 6.92 Å². The third-order valence-electron chi connectivity index (χ3n) is 3.88. The minimum atomic E-state index is -0.423. The number of carbonyl (C=O) groups excluding carboxylic acids is 3. The number of nitrogens with one attached hydrogen (secondary N) is 1. The van der Waals surface area contributed by atoms with E-state index in [2.05, 4.69) is 5.32 Å². The van der Waals surface area contributed by atoms with Gasteiger partial charge in [-0.1, -0.05) is 0 Å². The lowest BCUT2D eigenvalue weighted by atomic mass is 10.0. The topological polar surface area (TPSA) is 75.7 Å². The fourth-order valence-electron chi connectivity index (χ4n) is 2.72. The highest BCUT2D eigenvalue weighted by atomic mass is 32.2. The molecule has 0 aromatic heterocycles. The molecule has 0 spiro atoms. The summed E-state index contributed by atoms with van der Waals surface area (Å²) in [6.07, 6.45) is -0.226. The predicted molar refractivity (Wildman–Crippen MR) is 87.9 cm³/mol. The molecular weight excluding hydrogens is 316 g/mol. The number of ether oxygens (including phenoxy) is 1. The van der Waals surface area contributed by atoms with Gasteiger partial charge in [-0.05, 0) is 23.8 Å². The fourth-order valence-corrected chi connectivity index (χ4v) is 3.65. The number of cyclic esters (lactones) is 1. The summed E-state index contributed by atoms with van der Waals surface area (Å²) in [5, 5.41) is 2.65. The van der Waals surface area contributed by atoms with E-state index in [4.69, 9.17) is 4.74 Å². The molecule has 1 atom stereocenters. The molecule has 7 heteroatoms. The minimum Gasteiger partial charge on any atom is -0.442 e. The second kappa shape index (κ2) is 6.62. The van der Waals surface area contributed by atoms with Crippen molar-refractivity contribution in [2.24, 2.45) is 0 Å². The van der Waals surface area contributed by atoms with Gasteiger partial charge in [0, 0.05) is 36.1 Å². The molecule has 122 valence electrons. The van der Waals surface area contributed by atoms with E-state index in [1.54, 1.807) is 28.8 Å². The van der Waals surface area contributed by atoms with Gasteiger partial charge in [-0.25, -0.2) is 4.79 Å². The second-order valence-electron chi connectivity index (χ2n) is 5.62. The van der Waals surface area contributed by atoms with Gasteiger partial charge in [0.2, 0.25) is 5.91 Å². The molecule has 1 fully saturated rings. The lowest BCUT2D eigenvalue weighted by molar-refractivity contribution is -0.119. The Labute approximate surface area is 138 Å². The summed E-state index contributed by atoms with van der Waals surface area (Å²) in [7, 11) is 0. The van der Waals surface area contributed by atoms with Crippen LogP contribution >= 0.6 is 11.8 Å². The number of nitrogens with zero attached hydrogens (tertiary/aromatic N) is 1. The maximum Gasteiger partial charge on any atom is 0.414 e. The van der Waals surface area contributed by atoms with Crippen LogP contribution in [-0.4, -0.2) is 42.7 Å². The number of hydrogen-bond acceptors (Lipinski definition) is 5. The summed E-state index contributed by atoms with van der Waals surface area (Å²) in [4.78, 5) is 36.6. The van der Waals surface area contributed by atoms with E-state index in [9.17, 15) is 14.4 Å². The second-order valence-corrected chi connectivity index (χ2v) is 6.73. The number of carbonyl (C=O) groups is 3. The number of thioether (sulfide) groups is 1. The molecule has 3 rings (SSSR count). The summed E-state index contributed by atoms with van der Waals surface area (Å²) in [6.45, 7) is 2.12. The zero-order valence-corrected chi connectivity index (χ0v) is 13.6. The van der Waals surface area contributed by atoms with Crippen LogP contribution in [0.25, 0.3) is 0 Å². The van der Waals surface area contributed by atoms with Crippen LogP contribution in [0.5, 0.6) is 0 Å². The number of benzene rings is 1. The number of Topliss-reactive ketones (excluding diaryl/α,β-unsaturated/α-hetero) is 1. The Balaban J connectivity index is 1.77. The van der Waals surface area contributed by atoms with Crippen molar-refractivity contribution < 1.29 is 19.1 Å². The molecule has 0 aliphatic carbocycles. The smallest absolute Gasteiger partial charge is 0.414 e. The first-order valence-corrected chi connectivity index (χ1v) is 8.66. The summed E-state index contributed by atoms with van der Waals surface area (Å²) in [5.41, 5.74) is 2.45. The maximum absolute atomic E-state index is 12.0. The van der Waals surface area contributed by atoms with Crippen molar-refractivity contribution >= 4 is 35.2 Å². The van der Waals surface area contributed by atoms with E-state index in [-0.39, 0.29) is 17.8 Å². The zero-order chi connectivity index (χ0) is 16.4. The van der Waals surface area contributed by atoms with Crippen LogP contribution in [0.1, 0.15) is 29.3 Å². The molecule has 1 N–H and O–H groups in total. The van der Waals surface area contributed by atoms with Crippen LogP contribution in [0.2, 0.25) is 0 Å². The van der Waals surface area contributed by atoms with Gasteiger partial charge in [-0.15, -0.1) is 0 Å². The molecule has 23 heavy (non-hydrogen) atoms. The first-order valence-electron chi connectivity index (χ1n) is 7.51. The maximum atomic E-state index is 12.0. The molecule has 1 aromatic carbocycles. The Morgan fingerprint density at radius 1 is 1.43 bits per heavy atom. The van der Waals surface area contributed by atoms with Crippen LogP contribution in [0.4, 0.5) is 10.5 Å². The SMILES string of the molecule is CC(=O)NC[C@H]1CN(c2ccc3c(c2)CSCCC3=O)C(=O)O1. The molecule has 1 aromatic rings. The van der Waals surface area contributed by atoms with Crippen molar-refractivity contribution in [1.82, 2.24) is 5.32 Å². The highest BCUT2D eigenvalue weighted by molar-refractivity contribution is 7.98. The van der Waals surface area contributed by atoms with Gasteiger partial charge in [0.25, 0.3) is 0 Å². The van der Waals surface area contributed by atoms with Gasteiger partial charge in [0.05, 0.1) is 13.1 Å². The van der Waals surface area contributed by atoms with E-state index in [0.29, 0.717) is 19.5 Å². The quantitative estimate of drug-likeness (QED) is 0.914. The molecule has 0 bridgehead atoms. The predicted octanol–water partition coefficient (Wildman–Crippen LogP) is 1.97. The normalized spacial score (nSPS) is 20.7. The number of fused-ring (bicyclic) bond motifs is 1. The lowest BCUT2D eigenvalue weighted by Gasteiger charge is -2.15. The average Bonchev–Trinajstić information content (AvgIpc) is 2.79. The van der Waals surface area contributed by atoms with Crippen LogP contribution in [-0.2, 0) is 15.3 Å². The van der Waals surface area contributed by atoms with E-state index in [1.807, 2.05) is 6.07 Å². The Morgan fingerprint density at radius 2 is 2.26 bits per heavy atom. The lowest BCUT2D eigenvalue weighted by Crippen LogP contribution is -2.33. The molecule has 1 saturated heterocycles. The minimum absolute atomic E-state index is 0.153. The van der Waals surface area contributed by atoms with Gasteiger partial charge in [0.15, 0.2) is 5.78 Å². The van der Waals surface area contributed by atoms with Gasteiger partial charge < -0.3 is 10.1 Å². The first-order chi connectivity index (χ1) is 11.0. The number of ketones is 1. The van der Waals surface area contributed by atoms with E-state index < -0.39 is 6.09 Å². The van der Waals surface area contributed by atoms with Gasteiger partial charge in [-0.2, -0.15) is 11.8 Å². The van der Waals surface area contributed by atoms with E-state index in [0.717, 1.165) is 28.3 Å². The van der Waals surface area contributed by atoms with Crippen molar-refractivity contribution in [3.63, 3.8) is 0 Å². The molecule has 2 heterocycles. The third kappa shape index (κ3) is 3.50. The Morgan fingerprint density at radius 3 is 3.04 bits per heavy atom. The van der Waals surface area contributed by atoms with Crippen molar-refractivity contribution in [3.05, 3.63) is 29.3 Å². The van der Waals surface area contributed by atoms with Crippen molar-refractivity contribution in [2.45, 2.75) is 25.2 Å². The largest absolute Gasteiger partial charge is 0.442 e. The highest BCUT2D eigenvalue weighted by Gasteiger charge is 2.32. The molecule has 0 radical (unpaired) electrons.